The number of hydrogen-bond donors (Lipinski definition) is 1. The second kappa shape index (κ2) is 5.43. The zero-order valence-corrected chi connectivity index (χ0v) is 12.3. The molecule has 4 nitrogen and oxygen atoms in total. The van der Waals surface area contributed by atoms with Gasteiger partial charge in [0.2, 0.25) is 0 Å². The zero-order chi connectivity index (χ0) is 13.2. The van der Waals surface area contributed by atoms with Gasteiger partial charge in [-0.25, -0.2) is 9.97 Å². The van der Waals surface area contributed by atoms with Gasteiger partial charge < -0.3 is 5.32 Å². The van der Waals surface area contributed by atoms with Crippen LogP contribution in [-0.2, 0) is 6.54 Å². The minimum Gasteiger partial charge on any atom is -0.370 e. The van der Waals surface area contributed by atoms with Crippen molar-refractivity contribution in [2.75, 3.05) is 18.4 Å². The van der Waals surface area contributed by atoms with E-state index in [-0.39, 0.29) is 0 Å². The molecule has 0 spiro atoms. The summed E-state index contributed by atoms with van der Waals surface area (Å²) < 4.78 is 0. The molecule has 2 aromatic rings. The van der Waals surface area contributed by atoms with Gasteiger partial charge in [-0.15, -0.1) is 11.3 Å². The van der Waals surface area contributed by atoms with Crippen molar-refractivity contribution in [2.45, 2.75) is 39.3 Å². The van der Waals surface area contributed by atoms with Crippen molar-refractivity contribution >= 4 is 27.4 Å². The van der Waals surface area contributed by atoms with Crippen LogP contribution in [0.5, 0.6) is 0 Å². The van der Waals surface area contributed by atoms with Crippen LogP contribution in [0.15, 0.2) is 11.4 Å². The highest BCUT2D eigenvalue weighted by Gasteiger charge is 2.28. The fourth-order valence-corrected chi connectivity index (χ4v) is 3.18. The van der Waals surface area contributed by atoms with Gasteiger partial charge in [0.25, 0.3) is 0 Å². The number of aromatic nitrogens is 2. The Kier molecular flexibility index (Phi) is 3.66. The van der Waals surface area contributed by atoms with Crippen LogP contribution in [0.25, 0.3) is 10.2 Å². The van der Waals surface area contributed by atoms with Gasteiger partial charge >= 0.3 is 0 Å². The monoisotopic (exact) mass is 276 g/mol. The molecule has 3 rings (SSSR count). The smallest absolute Gasteiger partial charge is 0.146 e. The van der Waals surface area contributed by atoms with Crippen LogP contribution in [0.2, 0.25) is 0 Å². The predicted octanol–water partition coefficient (Wildman–Crippen LogP) is 3.11. The van der Waals surface area contributed by atoms with Gasteiger partial charge in [-0.3, -0.25) is 4.90 Å². The number of hydrogen-bond acceptors (Lipinski definition) is 5. The van der Waals surface area contributed by atoms with Gasteiger partial charge in [0, 0.05) is 12.6 Å². The third kappa shape index (κ3) is 2.72. The molecular weight excluding hydrogens is 256 g/mol. The summed E-state index contributed by atoms with van der Waals surface area (Å²) in [6.45, 7) is 7.15. The summed E-state index contributed by atoms with van der Waals surface area (Å²) in [5, 5.41) is 6.58. The van der Waals surface area contributed by atoms with E-state index in [4.69, 9.17) is 9.97 Å². The number of nitrogens with one attached hydrogen (secondary N) is 1. The average Bonchev–Trinajstić information content (AvgIpc) is 3.14. The molecule has 0 atom stereocenters. The Morgan fingerprint density at radius 1 is 1.37 bits per heavy atom. The minimum atomic E-state index is 0.759. The van der Waals surface area contributed by atoms with E-state index in [0.717, 1.165) is 47.5 Å². The van der Waals surface area contributed by atoms with Crippen LogP contribution < -0.4 is 5.32 Å². The summed E-state index contributed by atoms with van der Waals surface area (Å²) >= 11 is 1.69. The Hall–Kier alpha value is -1.20. The standard InChI is InChI=1S/C14H20N4S/c1-3-15-13-11-7-8-19-14(11)17-12(16-13)9-18(4-2)10-5-6-10/h7-8,10H,3-6,9H2,1-2H3,(H,15,16,17). The fourth-order valence-electron chi connectivity index (χ4n) is 2.39. The molecule has 2 aromatic heterocycles. The molecule has 1 aliphatic rings. The van der Waals surface area contributed by atoms with Crippen molar-refractivity contribution < 1.29 is 0 Å². The molecule has 2 heterocycles. The van der Waals surface area contributed by atoms with E-state index in [1.54, 1.807) is 11.3 Å². The highest BCUT2D eigenvalue weighted by atomic mass is 32.1. The molecule has 0 radical (unpaired) electrons. The lowest BCUT2D eigenvalue weighted by molar-refractivity contribution is 0.263. The molecule has 0 unspecified atom stereocenters. The molecule has 19 heavy (non-hydrogen) atoms. The van der Waals surface area contributed by atoms with Gasteiger partial charge in [-0.05, 0) is 37.8 Å². The summed E-state index contributed by atoms with van der Waals surface area (Å²) in [6, 6.07) is 2.86. The molecule has 0 saturated heterocycles. The first-order valence-corrected chi connectivity index (χ1v) is 7.91. The number of nitrogens with zero attached hydrogens (tertiary/aromatic N) is 3. The van der Waals surface area contributed by atoms with Crippen LogP contribution in [0.4, 0.5) is 5.82 Å². The molecule has 0 amide bonds. The lowest BCUT2D eigenvalue weighted by Gasteiger charge is -2.19. The largest absolute Gasteiger partial charge is 0.370 e. The Bertz CT molecular complexity index is 562. The summed E-state index contributed by atoms with van der Waals surface area (Å²) in [6.07, 6.45) is 2.66. The van der Waals surface area contributed by atoms with Crippen LogP contribution >= 0.6 is 11.3 Å². The molecular formula is C14H20N4S. The van der Waals surface area contributed by atoms with E-state index in [1.807, 2.05) is 0 Å². The first kappa shape index (κ1) is 12.8. The van der Waals surface area contributed by atoms with E-state index in [1.165, 1.54) is 12.8 Å². The third-order valence-corrected chi connectivity index (χ3v) is 4.34. The second-order valence-electron chi connectivity index (χ2n) is 4.95. The average molecular weight is 276 g/mol. The van der Waals surface area contributed by atoms with Gasteiger partial charge in [0.05, 0.1) is 11.9 Å². The maximum atomic E-state index is 4.70. The lowest BCUT2D eigenvalue weighted by atomic mass is 10.3. The second-order valence-corrected chi connectivity index (χ2v) is 5.85. The van der Waals surface area contributed by atoms with Crippen LogP contribution in [0.3, 0.4) is 0 Å². The summed E-state index contributed by atoms with van der Waals surface area (Å²) in [4.78, 5) is 13.0. The van der Waals surface area contributed by atoms with Crippen LogP contribution in [-0.4, -0.2) is 34.0 Å². The molecule has 1 saturated carbocycles. The van der Waals surface area contributed by atoms with Crippen molar-refractivity contribution in [3.8, 4) is 0 Å². The van der Waals surface area contributed by atoms with Crippen LogP contribution in [0.1, 0.15) is 32.5 Å². The van der Waals surface area contributed by atoms with E-state index < -0.39 is 0 Å². The quantitative estimate of drug-likeness (QED) is 0.880. The Labute approximate surface area is 117 Å². The highest BCUT2D eigenvalue weighted by Crippen LogP contribution is 2.29. The van der Waals surface area contributed by atoms with E-state index in [0.29, 0.717) is 0 Å². The van der Waals surface area contributed by atoms with Crippen molar-refractivity contribution in [1.82, 2.24) is 14.9 Å². The summed E-state index contributed by atoms with van der Waals surface area (Å²) in [5.41, 5.74) is 0. The normalized spacial score (nSPS) is 15.3. The molecule has 1 fully saturated rings. The summed E-state index contributed by atoms with van der Waals surface area (Å²) in [7, 11) is 0. The van der Waals surface area contributed by atoms with Gasteiger partial charge in [0.1, 0.15) is 16.5 Å². The Morgan fingerprint density at radius 2 is 2.21 bits per heavy atom. The SMILES string of the molecule is CCNc1nc(CN(CC)C2CC2)nc2sccc12. The van der Waals surface area contributed by atoms with Crippen molar-refractivity contribution in [3.05, 3.63) is 17.3 Å². The third-order valence-electron chi connectivity index (χ3n) is 3.53. The number of rotatable bonds is 6. The fraction of sp³-hybridized carbons (Fsp3) is 0.571. The number of thiophene rings is 1. The lowest BCUT2D eigenvalue weighted by Crippen LogP contribution is -2.26. The van der Waals surface area contributed by atoms with Crippen molar-refractivity contribution in [3.63, 3.8) is 0 Å². The Balaban J connectivity index is 1.89. The predicted molar refractivity (Wildman–Crippen MR) is 80.7 cm³/mol. The zero-order valence-electron chi connectivity index (χ0n) is 11.5. The summed E-state index contributed by atoms with van der Waals surface area (Å²) in [5.74, 6) is 1.93. The van der Waals surface area contributed by atoms with E-state index >= 15 is 0 Å². The molecule has 1 aliphatic carbocycles. The van der Waals surface area contributed by atoms with Crippen molar-refractivity contribution in [2.24, 2.45) is 0 Å². The molecule has 0 bridgehead atoms. The van der Waals surface area contributed by atoms with E-state index in [9.17, 15) is 0 Å². The number of anilines is 1. The molecule has 0 aromatic carbocycles. The minimum absolute atomic E-state index is 0.759. The van der Waals surface area contributed by atoms with Gasteiger partial charge in [0.15, 0.2) is 0 Å². The number of fused-ring (bicyclic) bond motifs is 1. The van der Waals surface area contributed by atoms with E-state index in [2.05, 4.69) is 35.5 Å². The Morgan fingerprint density at radius 3 is 2.89 bits per heavy atom. The molecule has 1 N–H and O–H groups in total. The topological polar surface area (TPSA) is 41.1 Å². The van der Waals surface area contributed by atoms with Gasteiger partial charge in [-0.2, -0.15) is 0 Å². The first-order valence-electron chi connectivity index (χ1n) is 7.03. The highest BCUT2D eigenvalue weighted by molar-refractivity contribution is 7.16. The van der Waals surface area contributed by atoms with Crippen LogP contribution in [0, 0.1) is 0 Å². The van der Waals surface area contributed by atoms with Crippen molar-refractivity contribution in [1.29, 1.82) is 0 Å². The molecule has 102 valence electrons. The molecule has 5 heteroatoms. The van der Waals surface area contributed by atoms with Gasteiger partial charge in [-0.1, -0.05) is 6.92 Å². The molecule has 0 aliphatic heterocycles. The first-order chi connectivity index (χ1) is 9.31. The maximum Gasteiger partial charge on any atom is 0.146 e. The maximum absolute atomic E-state index is 4.70.